The Kier molecular flexibility index (Phi) is 5.77. The van der Waals surface area contributed by atoms with Gasteiger partial charge < -0.3 is 20.4 Å². The second kappa shape index (κ2) is 8.41. The third kappa shape index (κ3) is 4.89. The number of amides is 3. The lowest BCUT2D eigenvalue weighted by Crippen LogP contribution is -2.26. The smallest absolute Gasteiger partial charge is 0.323 e. The number of carbonyl (C=O) groups excluding carboxylic acids is 2. The molecule has 3 aromatic rings. The summed E-state index contributed by atoms with van der Waals surface area (Å²) < 4.78 is 6.75. The van der Waals surface area contributed by atoms with Crippen molar-refractivity contribution in [1.29, 1.82) is 0 Å². The first-order chi connectivity index (χ1) is 13.0. The number of aromatic nitrogens is 2. The number of urea groups is 1. The molecule has 0 bridgehead atoms. The standard InChI is InChI=1S/C18H18ClN5O3/c1-2-24-11-15(22-18(26)21-13-6-3-5-12(19)9-13)16(23-24)17(25)20-10-14-7-4-8-27-14/h3-9,11H,2,10H2,1H3,(H,20,25)(H2,21,22,26). The zero-order valence-corrected chi connectivity index (χ0v) is 15.3. The number of aryl methyl sites for hydroxylation is 1. The van der Waals surface area contributed by atoms with E-state index in [1.165, 1.54) is 6.26 Å². The van der Waals surface area contributed by atoms with Crippen molar-refractivity contribution in [3.63, 3.8) is 0 Å². The molecular formula is C18H18ClN5O3. The van der Waals surface area contributed by atoms with Crippen molar-refractivity contribution < 1.29 is 14.0 Å². The second-order valence-corrected chi connectivity index (χ2v) is 6.04. The van der Waals surface area contributed by atoms with E-state index in [2.05, 4.69) is 21.0 Å². The summed E-state index contributed by atoms with van der Waals surface area (Å²) in [6.07, 6.45) is 3.12. The average Bonchev–Trinajstić information content (AvgIpc) is 3.29. The summed E-state index contributed by atoms with van der Waals surface area (Å²) in [5, 5.41) is 12.7. The number of hydrogen-bond donors (Lipinski definition) is 3. The largest absolute Gasteiger partial charge is 0.467 e. The topological polar surface area (TPSA) is 101 Å². The van der Waals surface area contributed by atoms with Crippen LogP contribution in [0.4, 0.5) is 16.2 Å². The Morgan fingerprint density at radius 1 is 1.22 bits per heavy atom. The second-order valence-electron chi connectivity index (χ2n) is 5.60. The van der Waals surface area contributed by atoms with E-state index >= 15 is 0 Å². The fourth-order valence-electron chi connectivity index (χ4n) is 2.36. The molecule has 9 heteroatoms. The number of halogens is 1. The molecule has 0 unspecified atom stereocenters. The number of rotatable bonds is 6. The summed E-state index contributed by atoms with van der Waals surface area (Å²) in [4.78, 5) is 24.7. The van der Waals surface area contributed by atoms with Gasteiger partial charge in [-0.05, 0) is 37.3 Å². The number of benzene rings is 1. The third-order valence-electron chi connectivity index (χ3n) is 3.63. The molecule has 0 fully saturated rings. The number of nitrogens with one attached hydrogen (secondary N) is 3. The lowest BCUT2D eigenvalue weighted by atomic mass is 10.3. The van der Waals surface area contributed by atoms with Crippen molar-refractivity contribution in [2.24, 2.45) is 0 Å². The minimum absolute atomic E-state index is 0.115. The van der Waals surface area contributed by atoms with Crippen molar-refractivity contribution in [2.75, 3.05) is 10.6 Å². The summed E-state index contributed by atoms with van der Waals surface area (Å²) in [6.45, 7) is 2.66. The Balaban J connectivity index is 1.69. The number of nitrogens with zero attached hydrogens (tertiary/aromatic N) is 2. The number of carbonyl (C=O) groups is 2. The Morgan fingerprint density at radius 3 is 2.78 bits per heavy atom. The maximum Gasteiger partial charge on any atom is 0.323 e. The Morgan fingerprint density at radius 2 is 2.07 bits per heavy atom. The van der Waals surface area contributed by atoms with Crippen LogP contribution in [0.15, 0.2) is 53.3 Å². The van der Waals surface area contributed by atoms with Crippen molar-refractivity contribution in [3.05, 3.63) is 65.3 Å². The molecule has 0 saturated heterocycles. The molecule has 3 rings (SSSR count). The van der Waals surface area contributed by atoms with Gasteiger partial charge >= 0.3 is 6.03 Å². The maximum atomic E-state index is 12.5. The van der Waals surface area contributed by atoms with Crippen molar-refractivity contribution >= 4 is 34.9 Å². The lowest BCUT2D eigenvalue weighted by Gasteiger charge is -2.08. The van der Waals surface area contributed by atoms with Gasteiger partial charge in [-0.3, -0.25) is 9.48 Å². The number of anilines is 2. The van der Waals surface area contributed by atoms with E-state index in [1.807, 2.05) is 6.92 Å². The molecular weight excluding hydrogens is 370 g/mol. The SMILES string of the molecule is CCn1cc(NC(=O)Nc2cccc(Cl)c2)c(C(=O)NCc2ccco2)n1. The molecule has 0 atom stereocenters. The molecule has 0 radical (unpaired) electrons. The zero-order chi connectivity index (χ0) is 19.2. The van der Waals surface area contributed by atoms with E-state index < -0.39 is 11.9 Å². The first-order valence-corrected chi connectivity index (χ1v) is 8.64. The van der Waals surface area contributed by atoms with Gasteiger partial charge in [0.2, 0.25) is 0 Å². The van der Waals surface area contributed by atoms with Crippen LogP contribution in [0.3, 0.4) is 0 Å². The van der Waals surface area contributed by atoms with Gasteiger partial charge in [-0.25, -0.2) is 4.79 Å². The van der Waals surface area contributed by atoms with Gasteiger partial charge in [0, 0.05) is 23.5 Å². The van der Waals surface area contributed by atoms with Gasteiger partial charge in [0.25, 0.3) is 5.91 Å². The fourth-order valence-corrected chi connectivity index (χ4v) is 2.55. The average molecular weight is 388 g/mol. The van der Waals surface area contributed by atoms with Gasteiger partial charge in [-0.1, -0.05) is 17.7 Å². The Bertz CT molecular complexity index is 936. The van der Waals surface area contributed by atoms with E-state index in [0.717, 1.165) is 0 Å². The molecule has 0 saturated carbocycles. The molecule has 140 valence electrons. The molecule has 0 spiro atoms. The van der Waals surface area contributed by atoms with Gasteiger partial charge in [0.1, 0.15) is 5.76 Å². The highest BCUT2D eigenvalue weighted by atomic mass is 35.5. The van der Waals surface area contributed by atoms with Crippen LogP contribution in [-0.2, 0) is 13.1 Å². The van der Waals surface area contributed by atoms with Gasteiger partial charge in [-0.2, -0.15) is 5.10 Å². The lowest BCUT2D eigenvalue weighted by molar-refractivity contribution is 0.0943. The first-order valence-electron chi connectivity index (χ1n) is 8.26. The van der Waals surface area contributed by atoms with Crippen molar-refractivity contribution in [3.8, 4) is 0 Å². The number of hydrogen-bond acceptors (Lipinski definition) is 4. The third-order valence-corrected chi connectivity index (χ3v) is 3.87. The van der Waals surface area contributed by atoms with Crippen LogP contribution in [0, 0.1) is 0 Å². The highest BCUT2D eigenvalue weighted by molar-refractivity contribution is 6.30. The first kappa shape index (κ1) is 18.5. The van der Waals surface area contributed by atoms with Crippen LogP contribution in [-0.4, -0.2) is 21.7 Å². The minimum Gasteiger partial charge on any atom is -0.467 e. The molecule has 8 nitrogen and oxygen atoms in total. The quantitative estimate of drug-likeness (QED) is 0.599. The summed E-state index contributed by atoms with van der Waals surface area (Å²) >= 11 is 5.91. The fraction of sp³-hybridized carbons (Fsp3) is 0.167. The van der Waals surface area contributed by atoms with Gasteiger partial charge in [0.15, 0.2) is 5.69 Å². The van der Waals surface area contributed by atoms with E-state index in [9.17, 15) is 9.59 Å². The Labute approximate surface area is 160 Å². The summed E-state index contributed by atoms with van der Waals surface area (Å²) in [5.41, 5.74) is 0.949. The zero-order valence-electron chi connectivity index (χ0n) is 14.5. The summed E-state index contributed by atoms with van der Waals surface area (Å²) in [5.74, 6) is 0.197. The van der Waals surface area contributed by atoms with E-state index in [0.29, 0.717) is 28.7 Å². The molecule has 0 aliphatic rings. The molecule has 1 aromatic carbocycles. The van der Waals surface area contributed by atoms with E-state index in [1.54, 1.807) is 47.3 Å². The summed E-state index contributed by atoms with van der Waals surface area (Å²) in [6, 6.07) is 9.74. The van der Waals surface area contributed by atoms with Crippen LogP contribution in [0.5, 0.6) is 0 Å². The highest BCUT2D eigenvalue weighted by Crippen LogP contribution is 2.17. The summed E-state index contributed by atoms with van der Waals surface area (Å²) in [7, 11) is 0. The molecule has 27 heavy (non-hydrogen) atoms. The van der Waals surface area contributed by atoms with Crippen LogP contribution in [0.25, 0.3) is 0 Å². The molecule has 0 aliphatic heterocycles. The molecule has 2 heterocycles. The van der Waals surface area contributed by atoms with Gasteiger partial charge in [-0.15, -0.1) is 0 Å². The van der Waals surface area contributed by atoms with E-state index in [4.69, 9.17) is 16.0 Å². The highest BCUT2D eigenvalue weighted by Gasteiger charge is 2.18. The molecule has 2 aromatic heterocycles. The van der Waals surface area contributed by atoms with Gasteiger partial charge in [0.05, 0.1) is 18.5 Å². The van der Waals surface area contributed by atoms with Crippen LogP contribution in [0.2, 0.25) is 5.02 Å². The predicted octanol–water partition coefficient (Wildman–Crippen LogP) is 3.72. The molecule has 0 aliphatic carbocycles. The predicted molar refractivity (Wildman–Crippen MR) is 102 cm³/mol. The van der Waals surface area contributed by atoms with Crippen LogP contribution in [0.1, 0.15) is 23.2 Å². The van der Waals surface area contributed by atoms with E-state index in [-0.39, 0.29) is 12.2 Å². The Hall–Kier alpha value is -3.26. The minimum atomic E-state index is -0.506. The molecule has 3 amide bonds. The monoisotopic (exact) mass is 387 g/mol. The van der Waals surface area contributed by atoms with Crippen LogP contribution < -0.4 is 16.0 Å². The van der Waals surface area contributed by atoms with Crippen molar-refractivity contribution in [1.82, 2.24) is 15.1 Å². The van der Waals surface area contributed by atoms with Crippen molar-refractivity contribution in [2.45, 2.75) is 20.0 Å². The maximum absolute atomic E-state index is 12.5. The van der Waals surface area contributed by atoms with Crippen LogP contribution >= 0.6 is 11.6 Å². The normalized spacial score (nSPS) is 10.4. The number of furan rings is 1. The molecule has 3 N–H and O–H groups in total.